The molecule has 1 amide bonds. The summed E-state index contributed by atoms with van der Waals surface area (Å²) in [7, 11) is 0. The van der Waals surface area contributed by atoms with Gasteiger partial charge in [0.2, 0.25) is 0 Å². The number of amides is 1. The summed E-state index contributed by atoms with van der Waals surface area (Å²) in [6, 6.07) is 7.34. The van der Waals surface area contributed by atoms with E-state index in [1.165, 1.54) is 24.5 Å². The largest absolute Gasteiger partial charge is 0.397 e. The number of hydrogen-bond donors (Lipinski definition) is 2. The molecule has 1 atom stereocenters. The number of hydrogen-bond acceptors (Lipinski definition) is 3. The lowest BCUT2D eigenvalue weighted by Gasteiger charge is -2.15. The van der Waals surface area contributed by atoms with Crippen molar-refractivity contribution in [1.82, 2.24) is 10.3 Å². The van der Waals surface area contributed by atoms with Gasteiger partial charge in [0.25, 0.3) is 5.91 Å². The molecule has 0 saturated heterocycles. The van der Waals surface area contributed by atoms with Crippen LogP contribution < -0.4 is 11.1 Å². The van der Waals surface area contributed by atoms with Crippen LogP contribution in [0.1, 0.15) is 28.9 Å². The van der Waals surface area contributed by atoms with E-state index in [2.05, 4.69) is 10.3 Å². The number of aromatic nitrogens is 1. The smallest absolute Gasteiger partial charge is 0.253 e. The summed E-state index contributed by atoms with van der Waals surface area (Å²) in [5.74, 6) is -0.640. The standard InChI is InChI=1S/C14H14FN3O/c1-9(10-3-2-4-11(15)7-10)18-14(19)12-5-6-17-8-13(12)16/h2-9H,16H2,1H3,(H,18,19). The molecule has 98 valence electrons. The molecule has 4 nitrogen and oxygen atoms in total. The van der Waals surface area contributed by atoms with Crippen LogP contribution in [-0.4, -0.2) is 10.9 Å². The predicted octanol–water partition coefficient (Wildman–Crippen LogP) is 2.29. The van der Waals surface area contributed by atoms with E-state index in [0.29, 0.717) is 16.8 Å². The first kappa shape index (κ1) is 13.0. The van der Waals surface area contributed by atoms with Crippen LogP contribution in [0, 0.1) is 5.82 Å². The normalized spacial score (nSPS) is 11.9. The molecule has 0 radical (unpaired) electrons. The lowest BCUT2D eigenvalue weighted by molar-refractivity contribution is 0.0940. The summed E-state index contributed by atoms with van der Waals surface area (Å²) in [5.41, 5.74) is 7.04. The van der Waals surface area contributed by atoms with Crippen LogP contribution in [0.15, 0.2) is 42.7 Å². The number of nitrogen functional groups attached to an aromatic ring is 1. The highest BCUT2D eigenvalue weighted by molar-refractivity contribution is 5.99. The quantitative estimate of drug-likeness (QED) is 0.888. The molecule has 1 aromatic heterocycles. The molecule has 0 aliphatic rings. The first-order chi connectivity index (χ1) is 9.08. The summed E-state index contributed by atoms with van der Waals surface area (Å²) >= 11 is 0. The number of nitrogens with zero attached hydrogens (tertiary/aromatic N) is 1. The van der Waals surface area contributed by atoms with E-state index in [9.17, 15) is 9.18 Å². The summed E-state index contributed by atoms with van der Waals surface area (Å²) in [6.45, 7) is 1.78. The second-order valence-corrected chi connectivity index (χ2v) is 4.21. The Bertz CT molecular complexity index is 601. The summed E-state index contributed by atoms with van der Waals surface area (Å²) in [4.78, 5) is 15.8. The number of rotatable bonds is 3. The zero-order chi connectivity index (χ0) is 13.8. The minimum atomic E-state index is -0.331. The van der Waals surface area contributed by atoms with Gasteiger partial charge in [-0.3, -0.25) is 9.78 Å². The van der Waals surface area contributed by atoms with E-state index in [1.54, 1.807) is 25.1 Å². The van der Waals surface area contributed by atoms with E-state index in [0.717, 1.165) is 0 Å². The van der Waals surface area contributed by atoms with Crippen molar-refractivity contribution in [1.29, 1.82) is 0 Å². The number of carbonyl (C=O) groups excluding carboxylic acids is 1. The Hall–Kier alpha value is -2.43. The van der Waals surface area contributed by atoms with Gasteiger partial charge < -0.3 is 11.1 Å². The van der Waals surface area contributed by atoms with Crippen molar-refractivity contribution in [2.45, 2.75) is 13.0 Å². The first-order valence-corrected chi connectivity index (χ1v) is 5.83. The maximum atomic E-state index is 13.1. The van der Waals surface area contributed by atoms with Crippen molar-refractivity contribution in [2.24, 2.45) is 0 Å². The van der Waals surface area contributed by atoms with Crippen molar-refractivity contribution < 1.29 is 9.18 Å². The lowest BCUT2D eigenvalue weighted by Crippen LogP contribution is -2.27. The van der Waals surface area contributed by atoms with Gasteiger partial charge in [0.15, 0.2) is 0 Å². The monoisotopic (exact) mass is 259 g/mol. The van der Waals surface area contributed by atoms with Gasteiger partial charge >= 0.3 is 0 Å². The van der Waals surface area contributed by atoms with Crippen LogP contribution in [0.2, 0.25) is 0 Å². The van der Waals surface area contributed by atoms with Crippen LogP contribution in [0.5, 0.6) is 0 Å². The zero-order valence-corrected chi connectivity index (χ0v) is 10.4. The maximum absolute atomic E-state index is 13.1. The Labute approximate surface area is 110 Å². The average molecular weight is 259 g/mol. The number of carbonyl (C=O) groups is 1. The third-order valence-electron chi connectivity index (χ3n) is 2.79. The average Bonchev–Trinajstić information content (AvgIpc) is 2.39. The Morgan fingerprint density at radius 3 is 2.89 bits per heavy atom. The number of pyridine rings is 1. The molecule has 2 aromatic rings. The fourth-order valence-electron chi connectivity index (χ4n) is 1.75. The van der Waals surface area contributed by atoms with Gasteiger partial charge in [0.05, 0.1) is 23.5 Å². The second kappa shape index (κ2) is 5.48. The third-order valence-corrected chi connectivity index (χ3v) is 2.79. The van der Waals surface area contributed by atoms with E-state index >= 15 is 0 Å². The van der Waals surface area contributed by atoms with Crippen LogP contribution in [0.3, 0.4) is 0 Å². The summed E-state index contributed by atoms with van der Waals surface area (Å²) < 4.78 is 13.1. The fraction of sp³-hybridized carbons (Fsp3) is 0.143. The molecule has 1 aromatic carbocycles. The molecule has 0 aliphatic heterocycles. The maximum Gasteiger partial charge on any atom is 0.253 e. The van der Waals surface area contributed by atoms with Gasteiger partial charge in [-0.1, -0.05) is 12.1 Å². The number of anilines is 1. The molecule has 2 rings (SSSR count). The molecule has 1 unspecified atom stereocenters. The van der Waals surface area contributed by atoms with E-state index in [1.807, 2.05) is 0 Å². The molecule has 0 spiro atoms. The molecule has 3 N–H and O–H groups in total. The van der Waals surface area contributed by atoms with E-state index in [4.69, 9.17) is 5.73 Å². The fourth-order valence-corrected chi connectivity index (χ4v) is 1.75. The van der Waals surface area contributed by atoms with Crippen LogP contribution in [0.4, 0.5) is 10.1 Å². The van der Waals surface area contributed by atoms with Crippen LogP contribution in [0.25, 0.3) is 0 Å². The van der Waals surface area contributed by atoms with Gasteiger partial charge in [0.1, 0.15) is 5.82 Å². The Kier molecular flexibility index (Phi) is 3.75. The predicted molar refractivity (Wildman–Crippen MR) is 70.9 cm³/mol. The van der Waals surface area contributed by atoms with Gasteiger partial charge in [-0.2, -0.15) is 0 Å². The van der Waals surface area contributed by atoms with E-state index < -0.39 is 0 Å². The van der Waals surface area contributed by atoms with Crippen molar-refractivity contribution in [3.63, 3.8) is 0 Å². The van der Waals surface area contributed by atoms with E-state index in [-0.39, 0.29) is 17.8 Å². The molecular formula is C14H14FN3O. The Balaban J connectivity index is 2.13. The van der Waals surface area contributed by atoms with Crippen molar-refractivity contribution in [3.05, 3.63) is 59.7 Å². The van der Waals surface area contributed by atoms with Gasteiger partial charge in [-0.25, -0.2) is 4.39 Å². The summed E-state index contributed by atoms with van der Waals surface area (Å²) in [6.07, 6.45) is 2.92. The first-order valence-electron chi connectivity index (χ1n) is 5.83. The number of nitrogens with one attached hydrogen (secondary N) is 1. The second-order valence-electron chi connectivity index (χ2n) is 4.21. The Morgan fingerprint density at radius 2 is 2.21 bits per heavy atom. The minimum absolute atomic E-state index is 0.309. The zero-order valence-electron chi connectivity index (χ0n) is 10.4. The molecule has 0 bridgehead atoms. The van der Waals surface area contributed by atoms with Gasteiger partial charge in [-0.05, 0) is 30.7 Å². The molecule has 0 fully saturated rings. The van der Waals surface area contributed by atoms with Crippen LogP contribution in [-0.2, 0) is 0 Å². The van der Waals surface area contributed by atoms with Crippen molar-refractivity contribution in [3.8, 4) is 0 Å². The molecule has 1 heterocycles. The molecule has 19 heavy (non-hydrogen) atoms. The molecule has 5 heteroatoms. The molecular weight excluding hydrogens is 245 g/mol. The molecule has 0 saturated carbocycles. The highest BCUT2D eigenvalue weighted by atomic mass is 19.1. The number of benzene rings is 1. The topological polar surface area (TPSA) is 68.0 Å². The van der Waals surface area contributed by atoms with Gasteiger partial charge in [-0.15, -0.1) is 0 Å². The molecule has 0 aliphatic carbocycles. The highest BCUT2D eigenvalue weighted by Gasteiger charge is 2.13. The van der Waals surface area contributed by atoms with Crippen LogP contribution >= 0.6 is 0 Å². The lowest BCUT2D eigenvalue weighted by atomic mass is 10.1. The number of nitrogens with two attached hydrogens (primary N) is 1. The van der Waals surface area contributed by atoms with Crippen molar-refractivity contribution in [2.75, 3.05) is 5.73 Å². The van der Waals surface area contributed by atoms with Crippen molar-refractivity contribution >= 4 is 11.6 Å². The SMILES string of the molecule is CC(NC(=O)c1ccncc1N)c1cccc(F)c1. The summed E-state index contributed by atoms with van der Waals surface area (Å²) in [5, 5.41) is 2.77. The third kappa shape index (κ3) is 3.07. The van der Waals surface area contributed by atoms with Gasteiger partial charge in [0, 0.05) is 6.20 Å². The minimum Gasteiger partial charge on any atom is -0.397 e. The highest BCUT2D eigenvalue weighted by Crippen LogP contribution is 2.15. The Morgan fingerprint density at radius 1 is 1.42 bits per heavy atom. The number of halogens is 1.